The molecule has 0 aliphatic carbocycles. The summed E-state index contributed by atoms with van der Waals surface area (Å²) in [6.45, 7) is 5.96. The average molecular weight is 588 g/mol. The number of para-hydroxylation sites is 1. The molecule has 0 radical (unpaired) electrons. The van der Waals surface area contributed by atoms with Crippen molar-refractivity contribution in [3.8, 4) is 11.5 Å². The maximum absolute atomic E-state index is 13.9. The molecule has 218 valence electrons. The Kier molecular flexibility index (Phi) is 8.94. The molecule has 1 fully saturated rings. The molecule has 42 heavy (non-hydrogen) atoms. The molecule has 2 amide bonds. The van der Waals surface area contributed by atoms with E-state index >= 15 is 0 Å². The number of anilines is 6. The molecule has 2 heterocycles. The van der Waals surface area contributed by atoms with Crippen LogP contribution in [0.5, 0.6) is 11.5 Å². The van der Waals surface area contributed by atoms with Crippen LogP contribution in [0.25, 0.3) is 0 Å². The molecule has 1 aliphatic heterocycles. The highest BCUT2D eigenvalue weighted by Crippen LogP contribution is 2.37. The first-order valence-electron chi connectivity index (χ1n) is 13.6. The van der Waals surface area contributed by atoms with E-state index in [1.807, 2.05) is 31.2 Å². The van der Waals surface area contributed by atoms with Gasteiger partial charge in [-0.2, -0.15) is 0 Å². The van der Waals surface area contributed by atoms with Gasteiger partial charge in [0.2, 0.25) is 0 Å². The van der Waals surface area contributed by atoms with Crippen molar-refractivity contribution in [3.05, 3.63) is 83.6 Å². The van der Waals surface area contributed by atoms with Gasteiger partial charge in [0.25, 0.3) is 0 Å². The van der Waals surface area contributed by atoms with E-state index in [0.29, 0.717) is 39.5 Å². The predicted octanol–water partition coefficient (Wildman–Crippen LogP) is 6.32. The minimum absolute atomic E-state index is 0.326. The molecule has 10 nitrogen and oxygen atoms in total. The summed E-state index contributed by atoms with van der Waals surface area (Å²) in [4.78, 5) is 28.9. The van der Waals surface area contributed by atoms with Crippen LogP contribution in [0.2, 0.25) is 5.02 Å². The Bertz CT molecular complexity index is 1520. The Morgan fingerprint density at radius 1 is 0.952 bits per heavy atom. The Hall–Kier alpha value is -4.54. The number of piperazine rings is 1. The highest BCUT2D eigenvalue weighted by Gasteiger charge is 2.25. The molecule has 4 aromatic rings. The van der Waals surface area contributed by atoms with Crippen molar-refractivity contribution in [2.24, 2.45) is 0 Å². The minimum atomic E-state index is -0.476. The summed E-state index contributed by atoms with van der Waals surface area (Å²) in [7, 11) is 5.25. The zero-order chi connectivity index (χ0) is 29.6. The lowest BCUT2D eigenvalue weighted by atomic mass is 10.2. The second-order valence-electron chi connectivity index (χ2n) is 9.96. The third-order valence-electron chi connectivity index (χ3n) is 7.17. The van der Waals surface area contributed by atoms with E-state index in [0.717, 1.165) is 37.4 Å². The number of nitrogens with zero attached hydrogens (tertiary/aromatic N) is 5. The Labute approximate surface area is 250 Å². The van der Waals surface area contributed by atoms with E-state index in [-0.39, 0.29) is 0 Å². The van der Waals surface area contributed by atoms with Crippen LogP contribution >= 0.6 is 11.6 Å². The number of methoxy groups -OCH3 is 2. The van der Waals surface area contributed by atoms with Gasteiger partial charge in [-0.05, 0) is 62.0 Å². The highest BCUT2D eigenvalue weighted by molar-refractivity contribution is 6.34. The number of carbonyl (C=O) groups excluding carboxylic acids is 1. The predicted molar refractivity (Wildman–Crippen MR) is 168 cm³/mol. The molecule has 0 saturated carbocycles. The number of aryl methyl sites for hydroxylation is 1. The number of nitrogens with one attached hydrogen (secondary N) is 2. The first-order chi connectivity index (χ1) is 20.4. The number of amides is 2. The summed E-state index contributed by atoms with van der Waals surface area (Å²) in [5, 5.41) is 6.70. The lowest BCUT2D eigenvalue weighted by Gasteiger charge is -2.34. The molecule has 0 bridgehead atoms. The van der Waals surface area contributed by atoms with Gasteiger partial charge < -0.3 is 29.9 Å². The number of carbonyl (C=O) groups is 1. The summed E-state index contributed by atoms with van der Waals surface area (Å²) in [5.74, 6) is 1.86. The van der Waals surface area contributed by atoms with Crippen LogP contribution in [-0.2, 0) is 0 Å². The quantitative estimate of drug-likeness (QED) is 0.247. The van der Waals surface area contributed by atoms with E-state index in [1.165, 1.54) is 24.0 Å². The molecule has 0 atom stereocenters. The molecule has 11 heteroatoms. The van der Waals surface area contributed by atoms with Gasteiger partial charge >= 0.3 is 6.03 Å². The van der Waals surface area contributed by atoms with Crippen molar-refractivity contribution in [1.82, 2.24) is 14.9 Å². The average Bonchev–Trinajstić information content (AvgIpc) is 3.00. The van der Waals surface area contributed by atoms with Crippen LogP contribution in [0.15, 0.2) is 73.1 Å². The van der Waals surface area contributed by atoms with E-state index in [2.05, 4.69) is 49.6 Å². The molecular formula is C31H34ClN7O3. The van der Waals surface area contributed by atoms with Gasteiger partial charge in [0.15, 0.2) is 0 Å². The SMILES string of the molecule is COc1ccc(N(C(=O)Nc2c(C)cccc2Cl)c2cc(Nc3ccc(N4CCN(C)CC4)cc3)ncn2)c(OC)c1. The zero-order valence-electron chi connectivity index (χ0n) is 24.1. The van der Waals surface area contributed by atoms with Crippen molar-refractivity contribution in [3.63, 3.8) is 0 Å². The monoisotopic (exact) mass is 587 g/mol. The number of aromatic nitrogens is 2. The molecule has 0 spiro atoms. The number of rotatable bonds is 8. The van der Waals surface area contributed by atoms with Crippen molar-refractivity contribution in [2.75, 3.05) is 67.9 Å². The fourth-order valence-electron chi connectivity index (χ4n) is 4.77. The lowest BCUT2D eigenvalue weighted by Crippen LogP contribution is -2.44. The van der Waals surface area contributed by atoms with Crippen LogP contribution in [-0.4, -0.2) is 68.3 Å². The largest absolute Gasteiger partial charge is 0.497 e. The molecule has 1 saturated heterocycles. The van der Waals surface area contributed by atoms with E-state index in [4.69, 9.17) is 21.1 Å². The fraction of sp³-hybridized carbons (Fsp3) is 0.258. The molecule has 0 unspecified atom stereocenters. The van der Waals surface area contributed by atoms with Gasteiger partial charge in [-0.25, -0.2) is 19.7 Å². The highest BCUT2D eigenvalue weighted by atomic mass is 35.5. The van der Waals surface area contributed by atoms with Gasteiger partial charge in [0.05, 0.1) is 30.6 Å². The summed E-state index contributed by atoms with van der Waals surface area (Å²) in [5.41, 5.74) is 3.84. The van der Waals surface area contributed by atoms with Crippen molar-refractivity contribution in [1.29, 1.82) is 0 Å². The van der Waals surface area contributed by atoms with Crippen LogP contribution in [0.3, 0.4) is 0 Å². The molecule has 1 aliphatic rings. The van der Waals surface area contributed by atoms with E-state index in [1.54, 1.807) is 37.4 Å². The number of halogens is 1. The minimum Gasteiger partial charge on any atom is -0.497 e. The Balaban J connectivity index is 1.45. The van der Waals surface area contributed by atoms with Crippen LogP contribution in [0.4, 0.5) is 39.2 Å². The lowest BCUT2D eigenvalue weighted by molar-refractivity contribution is 0.258. The second-order valence-corrected chi connectivity index (χ2v) is 10.4. The summed E-state index contributed by atoms with van der Waals surface area (Å²) in [6, 6.07) is 20.1. The van der Waals surface area contributed by atoms with Crippen molar-refractivity contribution >= 4 is 52.0 Å². The van der Waals surface area contributed by atoms with E-state index < -0.39 is 6.03 Å². The van der Waals surface area contributed by atoms with Crippen LogP contribution in [0, 0.1) is 6.92 Å². The number of likely N-dealkylation sites (N-methyl/N-ethyl adjacent to an activating group) is 1. The second kappa shape index (κ2) is 13.0. The summed E-state index contributed by atoms with van der Waals surface area (Å²) < 4.78 is 11.0. The van der Waals surface area contributed by atoms with Gasteiger partial charge in [0.1, 0.15) is 29.5 Å². The Morgan fingerprint density at radius 3 is 2.40 bits per heavy atom. The van der Waals surface area contributed by atoms with Crippen LogP contribution < -0.4 is 29.9 Å². The molecule has 5 rings (SSSR count). The summed E-state index contributed by atoms with van der Waals surface area (Å²) >= 11 is 6.44. The summed E-state index contributed by atoms with van der Waals surface area (Å²) in [6.07, 6.45) is 1.41. The van der Waals surface area contributed by atoms with Gasteiger partial charge in [0, 0.05) is 49.7 Å². The number of ether oxygens (including phenoxy) is 2. The van der Waals surface area contributed by atoms with Crippen molar-refractivity contribution in [2.45, 2.75) is 6.92 Å². The third-order valence-corrected chi connectivity index (χ3v) is 7.49. The van der Waals surface area contributed by atoms with Gasteiger partial charge in [-0.3, -0.25) is 0 Å². The molecule has 1 aromatic heterocycles. The standard InChI is InChI=1S/C31H34ClN7O3/c1-21-6-5-7-25(32)30(21)36-31(40)39(26-13-12-24(41-3)18-27(26)42-4)29-19-28(33-20-34-29)35-22-8-10-23(11-9-22)38-16-14-37(2)15-17-38/h5-13,18-20H,14-17H2,1-4H3,(H,36,40)(H,33,34,35). The Morgan fingerprint density at radius 2 is 1.71 bits per heavy atom. The first-order valence-corrected chi connectivity index (χ1v) is 13.9. The van der Waals surface area contributed by atoms with Gasteiger partial charge in [-0.1, -0.05) is 23.7 Å². The topological polar surface area (TPSA) is 95.1 Å². The van der Waals surface area contributed by atoms with Crippen molar-refractivity contribution < 1.29 is 14.3 Å². The van der Waals surface area contributed by atoms with Gasteiger partial charge in [-0.15, -0.1) is 0 Å². The molecule has 2 N–H and O–H groups in total. The smallest absolute Gasteiger partial charge is 0.332 e. The number of hydrogen-bond acceptors (Lipinski definition) is 8. The zero-order valence-corrected chi connectivity index (χ0v) is 24.9. The molecular weight excluding hydrogens is 554 g/mol. The maximum atomic E-state index is 13.9. The number of hydrogen-bond donors (Lipinski definition) is 2. The fourth-order valence-corrected chi connectivity index (χ4v) is 5.03. The molecule has 3 aromatic carbocycles. The maximum Gasteiger partial charge on any atom is 0.332 e. The number of urea groups is 1. The normalized spacial score (nSPS) is 13.4. The number of benzene rings is 3. The first kappa shape index (κ1) is 29.0. The van der Waals surface area contributed by atoms with E-state index in [9.17, 15) is 4.79 Å². The third kappa shape index (κ3) is 6.50. The van der Waals surface area contributed by atoms with Crippen LogP contribution in [0.1, 0.15) is 5.56 Å².